The Labute approximate surface area is 179 Å². The smallest absolute Gasteiger partial charge is 0.339 e. The molecule has 1 N–H and O–H groups in total. The van der Waals surface area contributed by atoms with Gasteiger partial charge >= 0.3 is 16.1 Å². The zero-order valence-corrected chi connectivity index (χ0v) is 18.9. The molecule has 0 aliphatic rings. The summed E-state index contributed by atoms with van der Waals surface area (Å²) in [7, 11) is -2.48. The molecular formula is C22H30N2O5S. The third-order valence-electron chi connectivity index (χ3n) is 4.60. The SMILES string of the molecule is CC[C@H](C)N(Cc1cccc(OS(=O)(=O)c2ccc(OC)cc2)c1)C(=O)NC(C)C. The Morgan fingerprint density at radius 3 is 2.30 bits per heavy atom. The summed E-state index contributed by atoms with van der Waals surface area (Å²) < 4.78 is 35.5. The maximum Gasteiger partial charge on any atom is 0.339 e. The van der Waals surface area contributed by atoms with E-state index in [1.54, 1.807) is 35.2 Å². The number of nitrogens with zero attached hydrogens (tertiary/aromatic N) is 1. The van der Waals surface area contributed by atoms with Crippen molar-refractivity contribution >= 4 is 16.1 Å². The molecule has 2 amide bonds. The molecule has 0 aliphatic heterocycles. The van der Waals surface area contributed by atoms with E-state index >= 15 is 0 Å². The van der Waals surface area contributed by atoms with Crippen LogP contribution in [-0.4, -0.2) is 38.5 Å². The number of hydrogen-bond donors (Lipinski definition) is 1. The molecule has 0 bridgehead atoms. The molecule has 0 unspecified atom stereocenters. The van der Waals surface area contributed by atoms with Crippen molar-refractivity contribution < 1.29 is 22.1 Å². The second-order valence-electron chi connectivity index (χ2n) is 7.35. The van der Waals surface area contributed by atoms with Crippen LogP contribution in [0.2, 0.25) is 0 Å². The van der Waals surface area contributed by atoms with Crippen molar-refractivity contribution in [2.75, 3.05) is 7.11 Å². The molecule has 2 aromatic carbocycles. The van der Waals surface area contributed by atoms with Gasteiger partial charge in [0.05, 0.1) is 7.11 Å². The fourth-order valence-electron chi connectivity index (χ4n) is 2.79. The van der Waals surface area contributed by atoms with Gasteiger partial charge in [-0.2, -0.15) is 8.42 Å². The maximum atomic E-state index is 12.6. The van der Waals surface area contributed by atoms with Crippen molar-refractivity contribution in [2.45, 2.75) is 57.6 Å². The quantitative estimate of drug-likeness (QED) is 0.599. The number of benzene rings is 2. The second-order valence-corrected chi connectivity index (χ2v) is 8.90. The van der Waals surface area contributed by atoms with E-state index in [4.69, 9.17) is 8.92 Å². The standard InChI is InChI=1S/C22H30N2O5S/c1-6-17(4)24(22(25)23-16(2)3)15-18-8-7-9-20(14-18)29-30(26,27)21-12-10-19(28-5)11-13-21/h7-14,16-17H,6,15H2,1-5H3,(H,23,25)/t17-/m0/s1. The number of rotatable bonds is 9. The third-order valence-corrected chi connectivity index (χ3v) is 5.86. The van der Waals surface area contributed by atoms with Crippen LogP contribution >= 0.6 is 0 Å². The minimum Gasteiger partial charge on any atom is -0.497 e. The molecule has 0 fully saturated rings. The average Bonchev–Trinajstić information content (AvgIpc) is 2.71. The maximum absolute atomic E-state index is 12.6. The van der Waals surface area contributed by atoms with Gasteiger partial charge in [-0.1, -0.05) is 19.1 Å². The lowest BCUT2D eigenvalue weighted by Crippen LogP contribution is -2.46. The van der Waals surface area contributed by atoms with Gasteiger partial charge in [0.25, 0.3) is 0 Å². The summed E-state index contributed by atoms with van der Waals surface area (Å²) in [5.74, 6) is 0.748. The van der Waals surface area contributed by atoms with Gasteiger partial charge < -0.3 is 19.1 Å². The molecule has 0 heterocycles. The first kappa shape index (κ1) is 23.5. The first-order chi connectivity index (χ1) is 14.2. The first-order valence-electron chi connectivity index (χ1n) is 9.91. The first-order valence-corrected chi connectivity index (χ1v) is 11.3. The van der Waals surface area contributed by atoms with Crippen molar-refractivity contribution in [3.05, 3.63) is 54.1 Å². The summed E-state index contributed by atoms with van der Waals surface area (Å²) in [5.41, 5.74) is 0.775. The number of hydrogen-bond acceptors (Lipinski definition) is 5. The van der Waals surface area contributed by atoms with E-state index in [9.17, 15) is 13.2 Å². The van der Waals surface area contributed by atoms with E-state index in [0.717, 1.165) is 12.0 Å². The summed E-state index contributed by atoms with van der Waals surface area (Å²) in [6, 6.07) is 12.6. The predicted molar refractivity (Wildman–Crippen MR) is 116 cm³/mol. The van der Waals surface area contributed by atoms with Crippen LogP contribution in [-0.2, 0) is 16.7 Å². The van der Waals surface area contributed by atoms with Crippen LogP contribution in [0, 0.1) is 0 Å². The number of methoxy groups -OCH3 is 1. The fourth-order valence-corrected chi connectivity index (χ4v) is 3.71. The molecule has 0 spiro atoms. The Morgan fingerprint density at radius 2 is 1.73 bits per heavy atom. The number of nitrogens with one attached hydrogen (secondary N) is 1. The predicted octanol–water partition coefficient (Wildman–Crippen LogP) is 4.18. The molecule has 0 radical (unpaired) electrons. The van der Waals surface area contributed by atoms with E-state index in [2.05, 4.69) is 5.32 Å². The number of carbonyl (C=O) groups is 1. The number of carbonyl (C=O) groups excluding carboxylic acids is 1. The minimum atomic E-state index is -3.99. The largest absolute Gasteiger partial charge is 0.497 e. The molecule has 0 aromatic heterocycles. The normalized spacial score (nSPS) is 12.3. The number of ether oxygens (including phenoxy) is 1. The van der Waals surface area contributed by atoms with Crippen LogP contribution in [0.5, 0.6) is 11.5 Å². The van der Waals surface area contributed by atoms with Gasteiger partial charge in [-0.25, -0.2) is 4.79 Å². The Kier molecular flexibility index (Phi) is 8.11. The van der Waals surface area contributed by atoms with Crippen molar-refractivity contribution in [3.8, 4) is 11.5 Å². The summed E-state index contributed by atoms with van der Waals surface area (Å²) in [6.45, 7) is 8.15. The van der Waals surface area contributed by atoms with Crippen molar-refractivity contribution in [1.82, 2.24) is 10.2 Å². The molecule has 0 saturated heterocycles. The highest BCUT2D eigenvalue weighted by atomic mass is 32.2. The highest BCUT2D eigenvalue weighted by Gasteiger charge is 2.21. The Balaban J connectivity index is 2.20. The van der Waals surface area contributed by atoms with Crippen LogP contribution in [0.1, 0.15) is 39.7 Å². The molecular weight excluding hydrogens is 404 g/mol. The number of urea groups is 1. The average molecular weight is 435 g/mol. The monoisotopic (exact) mass is 434 g/mol. The van der Waals surface area contributed by atoms with Crippen LogP contribution < -0.4 is 14.2 Å². The Bertz CT molecular complexity index is 942. The van der Waals surface area contributed by atoms with Crippen LogP contribution in [0.15, 0.2) is 53.4 Å². The van der Waals surface area contributed by atoms with E-state index in [-0.39, 0.29) is 28.8 Å². The van der Waals surface area contributed by atoms with Gasteiger partial charge in [-0.15, -0.1) is 0 Å². The third kappa shape index (κ3) is 6.38. The van der Waals surface area contributed by atoms with Gasteiger partial charge in [0.2, 0.25) is 0 Å². The van der Waals surface area contributed by atoms with E-state index in [1.807, 2.05) is 33.8 Å². The van der Waals surface area contributed by atoms with E-state index in [0.29, 0.717) is 12.3 Å². The van der Waals surface area contributed by atoms with Crippen molar-refractivity contribution in [3.63, 3.8) is 0 Å². The van der Waals surface area contributed by atoms with Gasteiger partial charge in [-0.05, 0) is 69.2 Å². The molecule has 2 rings (SSSR count). The zero-order chi connectivity index (χ0) is 22.3. The Hall–Kier alpha value is -2.74. The molecule has 164 valence electrons. The molecule has 30 heavy (non-hydrogen) atoms. The van der Waals surface area contributed by atoms with Gasteiger partial charge in [0.15, 0.2) is 0 Å². The highest BCUT2D eigenvalue weighted by molar-refractivity contribution is 7.87. The Morgan fingerprint density at radius 1 is 1.07 bits per heavy atom. The van der Waals surface area contributed by atoms with Gasteiger partial charge in [-0.3, -0.25) is 0 Å². The van der Waals surface area contributed by atoms with Crippen molar-refractivity contribution in [2.24, 2.45) is 0 Å². The van der Waals surface area contributed by atoms with E-state index < -0.39 is 10.1 Å². The van der Waals surface area contributed by atoms with Gasteiger partial charge in [0, 0.05) is 18.6 Å². The lowest BCUT2D eigenvalue weighted by molar-refractivity contribution is 0.171. The molecule has 2 aromatic rings. The molecule has 0 saturated carbocycles. The van der Waals surface area contributed by atoms with Crippen molar-refractivity contribution in [1.29, 1.82) is 0 Å². The van der Waals surface area contributed by atoms with Gasteiger partial charge in [0.1, 0.15) is 16.4 Å². The number of amides is 2. The lowest BCUT2D eigenvalue weighted by Gasteiger charge is -2.30. The molecule has 8 heteroatoms. The summed E-state index contributed by atoms with van der Waals surface area (Å²) in [6.07, 6.45) is 0.799. The lowest BCUT2D eigenvalue weighted by atomic mass is 10.1. The topological polar surface area (TPSA) is 84.9 Å². The highest BCUT2D eigenvalue weighted by Crippen LogP contribution is 2.23. The summed E-state index contributed by atoms with van der Waals surface area (Å²) in [4.78, 5) is 14.4. The molecule has 7 nitrogen and oxygen atoms in total. The van der Waals surface area contributed by atoms with Crippen LogP contribution in [0.25, 0.3) is 0 Å². The van der Waals surface area contributed by atoms with Crippen LogP contribution in [0.3, 0.4) is 0 Å². The van der Waals surface area contributed by atoms with E-state index in [1.165, 1.54) is 19.2 Å². The van der Waals surface area contributed by atoms with Crippen LogP contribution in [0.4, 0.5) is 4.79 Å². The molecule has 1 atom stereocenters. The zero-order valence-electron chi connectivity index (χ0n) is 18.1. The summed E-state index contributed by atoms with van der Waals surface area (Å²) in [5, 5.41) is 2.91. The minimum absolute atomic E-state index is 0.0216. The molecule has 0 aliphatic carbocycles. The fraction of sp³-hybridized carbons (Fsp3) is 0.409. The second kappa shape index (κ2) is 10.3. The summed E-state index contributed by atoms with van der Waals surface area (Å²) >= 11 is 0.